The van der Waals surface area contributed by atoms with Crippen LogP contribution in [0, 0.1) is 0 Å². The zero-order chi connectivity index (χ0) is 11.2. The van der Waals surface area contributed by atoms with Gasteiger partial charge in [-0.25, -0.2) is 0 Å². The van der Waals surface area contributed by atoms with Crippen molar-refractivity contribution in [3.8, 4) is 5.75 Å². The first-order chi connectivity index (χ1) is 7.88. The van der Waals surface area contributed by atoms with E-state index in [4.69, 9.17) is 4.74 Å². The molecule has 84 valence electrons. The lowest BCUT2D eigenvalue weighted by molar-refractivity contribution is 0.415. The number of thioether (sulfide) groups is 1. The summed E-state index contributed by atoms with van der Waals surface area (Å²) in [6.07, 6.45) is 5.38. The molecule has 3 heteroatoms. The van der Waals surface area contributed by atoms with E-state index in [2.05, 4.69) is 17.1 Å². The fraction of sp³-hybridized carbons (Fsp3) is 0.308. The highest BCUT2D eigenvalue weighted by Crippen LogP contribution is 2.16. The van der Waals surface area contributed by atoms with Crippen LogP contribution in [-0.4, -0.2) is 24.5 Å². The fourth-order valence-electron chi connectivity index (χ4n) is 1.46. The van der Waals surface area contributed by atoms with Crippen LogP contribution in [0.3, 0.4) is 0 Å². The van der Waals surface area contributed by atoms with E-state index < -0.39 is 0 Å². The highest BCUT2D eigenvalue weighted by molar-refractivity contribution is 8.14. The third-order valence-corrected chi connectivity index (χ3v) is 3.41. The Morgan fingerprint density at radius 3 is 2.69 bits per heavy atom. The quantitative estimate of drug-likeness (QED) is 0.799. The van der Waals surface area contributed by atoms with Crippen LogP contribution in [0.1, 0.15) is 12.0 Å². The maximum Gasteiger partial charge on any atom is 0.118 e. The smallest absolute Gasteiger partial charge is 0.118 e. The summed E-state index contributed by atoms with van der Waals surface area (Å²) >= 11 is 1.83. The molecule has 1 aliphatic heterocycles. The molecule has 1 aromatic carbocycles. The van der Waals surface area contributed by atoms with E-state index in [0.717, 1.165) is 17.3 Å². The normalized spacial score (nSPS) is 16.2. The molecule has 1 heterocycles. The third-order valence-electron chi connectivity index (χ3n) is 2.35. The number of methoxy groups -OCH3 is 1. The first kappa shape index (κ1) is 11.3. The largest absolute Gasteiger partial charge is 0.497 e. The van der Waals surface area contributed by atoms with Crippen molar-refractivity contribution in [3.05, 3.63) is 35.9 Å². The molecule has 1 aromatic rings. The maximum atomic E-state index is 5.11. The molecule has 2 nitrogen and oxygen atoms in total. The molecule has 0 saturated heterocycles. The lowest BCUT2D eigenvalue weighted by Gasteiger charge is -2.06. The van der Waals surface area contributed by atoms with Crippen LogP contribution in [0.25, 0.3) is 6.08 Å². The minimum atomic E-state index is 0.890. The number of hydrogen-bond donors (Lipinski definition) is 0. The van der Waals surface area contributed by atoms with Crippen molar-refractivity contribution in [3.63, 3.8) is 0 Å². The Balaban J connectivity index is 2.02. The van der Waals surface area contributed by atoms with Gasteiger partial charge in [0, 0.05) is 12.3 Å². The van der Waals surface area contributed by atoms with Crippen molar-refractivity contribution in [2.75, 3.05) is 19.4 Å². The summed E-state index contributed by atoms with van der Waals surface area (Å²) in [6, 6.07) is 8.03. The molecule has 0 bridgehead atoms. The van der Waals surface area contributed by atoms with Crippen molar-refractivity contribution in [2.45, 2.75) is 6.42 Å². The van der Waals surface area contributed by atoms with Gasteiger partial charge in [-0.2, -0.15) is 0 Å². The van der Waals surface area contributed by atoms with Gasteiger partial charge in [0.05, 0.1) is 12.2 Å². The van der Waals surface area contributed by atoms with Crippen molar-refractivity contribution < 1.29 is 4.74 Å². The molecule has 0 atom stereocenters. The SMILES string of the molecule is COc1ccc(/C=C/C2=NCCCS2)cc1. The Morgan fingerprint density at radius 2 is 2.06 bits per heavy atom. The maximum absolute atomic E-state index is 5.11. The van der Waals surface area contributed by atoms with E-state index in [0.29, 0.717) is 0 Å². The molecule has 0 saturated carbocycles. The molecule has 0 radical (unpaired) electrons. The van der Waals surface area contributed by atoms with Crippen LogP contribution in [0.5, 0.6) is 5.75 Å². The number of hydrogen-bond acceptors (Lipinski definition) is 3. The summed E-state index contributed by atoms with van der Waals surface area (Å²) < 4.78 is 5.11. The standard InChI is InChI=1S/C13H15NOS/c1-15-12-6-3-11(4-7-12)5-8-13-14-9-2-10-16-13/h3-8H,2,9-10H2,1H3/b8-5+. The van der Waals surface area contributed by atoms with Crippen molar-refractivity contribution in [1.82, 2.24) is 0 Å². The Morgan fingerprint density at radius 1 is 1.25 bits per heavy atom. The Kier molecular flexibility index (Phi) is 4.05. The second-order valence-electron chi connectivity index (χ2n) is 3.53. The number of ether oxygens (including phenoxy) is 1. The molecule has 1 aliphatic rings. The van der Waals surface area contributed by atoms with Crippen LogP contribution < -0.4 is 4.74 Å². The minimum Gasteiger partial charge on any atom is -0.497 e. The van der Waals surface area contributed by atoms with Crippen LogP contribution in [0.15, 0.2) is 35.3 Å². The fourth-order valence-corrected chi connectivity index (χ4v) is 2.29. The Bertz CT molecular complexity index is 395. The van der Waals surface area contributed by atoms with Gasteiger partial charge >= 0.3 is 0 Å². The summed E-state index contributed by atoms with van der Waals surface area (Å²) in [4.78, 5) is 4.45. The molecule has 2 rings (SSSR count). The van der Waals surface area contributed by atoms with Crippen LogP contribution >= 0.6 is 11.8 Å². The third kappa shape index (κ3) is 3.14. The zero-order valence-electron chi connectivity index (χ0n) is 9.35. The second-order valence-corrected chi connectivity index (χ2v) is 4.64. The first-order valence-electron chi connectivity index (χ1n) is 5.38. The van der Waals surface area contributed by atoms with Crippen molar-refractivity contribution >= 4 is 22.9 Å². The number of aliphatic imine (C=N–C) groups is 1. The average molecular weight is 233 g/mol. The zero-order valence-corrected chi connectivity index (χ0v) is 10.2. The van der Waals surface area contributed by atoms with Gasteiger partial charge in [-0.05, 0) is 30.2 Å². The molecule has 0 spiro atoms. The van der Waals surface area contributed by atoms with E-state index in [1.165, 1.54) is 17.7 Å². The molecular weight excluding hydrogens is 218 g/mol. The summed E-state index contributed by atoms with van der Waals surface area (Å²) in [5.41, 5.74) is 1.18. The minimum absolute atomic E-state index is 0.890. The molecular formula is C13H15NOS. The predicted octanol–water partition coefficient (Wildman–Crippen LogP) is 3.24. The molecule has 0 aliphatic carbocycles. The van der Waals surface area contributed by atoms with Gasteiger partial charge in [0.2, 0.25) is 0 Å². The van der Waals surface area contributed by atoms with Gasteiger partial charge in [-0.3, -0.25) is 4.99 Å². The second kappa shape index (κ2) is 5.75. The van der Waals surface area contributed by atoms with Gasteiger partial charge in [-0.1, -0.05) is 18.2 Å². The van der Waals surface area contributed by atoms with Crippen LogP contribution in [0.4, 0.5) is 0 Å². The molecule has 0 unspecified atom stereocenters. The van der Waals surface area contributed by atoms with E-state index in [-0.39, 0.29) is 0 Å². The summed E-state index contributed by atoms with van der Waals surface area (Å²) in [7, 11) is 1.68. The van der Waals surface area contributed by atoms with Crippen molar-refractivity contribution in [2.24, 2.45) is 4.99 Å². The molecule has 0 aromatic heterocycles. The monoisotopic (exact) mass is 233 g/mol. The number of rotatable bonds is 3. The predicted molar refractivity (Wildman–Crippen MR) is 71.4 cm³/mol. The average Bonchev–Trinajstić information content (AvgIpc) is 2.38. The van der Waals surface area contributed by atoms with Gasteiger partial charge in [0.25, 0.3) is 0 Å². The summed E-state index contributed by atoms with van der Waals surface area (Å²) in [5, 5.41) is 1.14. The number of benzene rings is 1. The molecule has 0 N–H and O–H groups in total. The number of nitrogens with zero attached hydrogens (tertiary/aromatic N) is 1. The lowest BCUT2D eigenvalue weighted by atomic mass is 10.2. The van der Waals surface area contributed by atoms with E-state index in [1.54, 1.807) is 7.11 Å². The van der Waals surface area contributed by atoms with Crippen LogP contribution in [0.2, 0.25) is 0 Å². The Hall–Kier alpha value is -1.22. The van der Waals surface area contributed by atoms with Crippen molar-refractivity contribution in [1.29, 1.82) is 0 Å². The van der Waals surface area contributed by atoms with Gasteiger partial charge in [0.1, 0.15) is 5.75 Å². The van der Waals surface area contributed by atoms with Gasteiger partial charge < -0.3 is 4.74 Å². The molecule has 0 amide bonds. The molecule has 16 heavy (non-hydrogen) atoms. The van der Waals surface area contributed by atoms with E-state index in [9.17, 15) is 0 Å². The highest BCUT2D eigenvalue weighted by atomic mass is 32.2. The van der Waals surface area contributed by atoms with Gasteiger partial charge in [-0.15, -0.1) is 11.8 Å². The highest BCUT2D eigenvalue weighted by Gasteiger charge is 2.01. The van der Waals surface area contributed by atoms with E-state index >= 15 is 0 Å². The Labute approximate surface area is 100 Å². The lowest BCUT2D eigenvalue weighted by Crippen LogP contribution is -2.00. The first-order valence-corrected chi connectivity index (χ1v) is 6.36. The summed E-state index contributed by atoms with van der Waals surface area (Å²) in [5.74, 6) is 2.08. The van der Waals surface area contributed by atoms with E-state index in [1.807, 2.05) is 36.0 Å². The van der Waals surface area contributed by atoms with Crippen LogP contribution in [-0.2, 0) is 0 Å². The molecule has 0 fully saturated rings. The summed E-state index contributed by atoms with van der Waals surface area (Å²) in [6.45, 7) is 0.968. The topological polar surface area (TPSA) is 21.6 Å². The van der Waals surface area contributed by atoms with Gasteiger partial charge in [0.15, 0.2) is 0 Å².